The number of ether oxygens (including phenoxy) is 1. The van der Waals surface area contributed by atoms with Crippen molar-refractivity contribution in [1.82, 2.24) is 9.97 Å². The molecule has 1 aliphatic heterocycles. The van der Waals surface area contributed by atoms with Crippen molar-refractivity contribution < 1.29 is 9.53 Å². The lowest BCUT2D eigenvalue weighted by atomic mass is 9.79. The van der Waals surface area contributed by atoms with E-state index in [1.165, 1.54) is 6.33 Å². The van der Waals surface area contributed by atoms with Gasteiger partial charge in [0.15, 0.2) is 0 Å². The third-order valence-corrected chi connectivity index (χ3v) is 3.29. The van der Waals surface area contributed by atoms with Gasteiger partial charge in [0.05, 0.1) is 23.4 Å². The van der Waals surface area contributed by atoms with Gasteiger partial charge in [0.25, 0.3) is 0 Å². The summed E-state index contributed by atoms with van der Waals surface area (Å²) in [6.45, 7) is 5.20. The lowest BCUT2D eigenvalue weighted by Gasteiger charge is -2.28. The van der Waals surface area contributed by atoms with Gasteiger partial charge in [-0.2, -0.15) is 5.26 Å². The largest absolute Gasteiger partial charge is 0.460 e. The van der Waals surface area contributed by atoms with Gasteiger partial charge < -0.3 is 10.5 Å². The number of allylic oxidation sites excluding steroid dienone is 1. The summed E-state index contributed by atoms with van der Waals surface area (Å²) in [6.07, 6.45) is 4.24. The normalized spacial score (nSPS) is 21.3. The Morgan fingerprint density at radius 3 is 2.59 bits per heavy atom. The highest BCUT2D eigenvalue weighted by Gasteiger charge is 2.39. The summed E-state index contributed by atoms with van der Waals surface area (Å²) in [5.41, 5.74) is 7.27. The van der Waals surface area contributed by atoms with Crippen LogP contribution in [-0.2, 0) is 9.53 Å². The van der Waals surface area contributed by atoms with Crippen molar-refractivity contribution in [1.29, 1.82) is 5.26 Å². The van der Waals surface area contributed by atoms with E-state index in [1.54, 1.807) is 33.2 Å². The van der Waals surface area contributed by atoms with E-state index < -0.39 is 17.8 Å². The van der Waals surface area contributed by atoms with Crippen molar-refractivity contribution in [2.75, 3.05) is 0 Å². The lowest BCUT2D eigenvalue weighted by molar-refractivity contribution is -0.143. The molecule has 2 rings (SSSR count). The molecule has 1 aromatic heterocycles. The van der Waals surface area contributed by atoms with Gasteiger partial charge in [-0.05, 0) is 26.3 Å². The number of nitrogens with two attached hydrogens (primary N) is 1. The van der Waals surface area contributed by atoms with Gasteiger partial charge in [-0.25, -0.2) is 19.8 Å². The Morgan fingerprint density at radius 1 is 1.41 bits per heavy atom. The summed E-state index contributed by atoms with van der Waals surface area (Å²) in [4.78, 5) is 24.5. The zero-order valence-corrected chi connectivity index (χ0v) is 12.6. The van der Waals surface area contributed by atoms with Crippen LogP contribution in [0.1, 0.15) is 32.3 Å². The van der Waals surface area contributed by atoms with Crippen LogP contribution in [0.25, 0.3) is 0 Å². The minimum Gasteiger partial charge on any atom is -0.460 e. The number of hydrogen-bond donors (Lipinski definition) is 1. The van der Waals surface area contributed by atoms with E-state index in [2.05, 4.69) is 21.0 Å². The lowest BCUT2D eigenvalue weighted by Crippen LogP contribution is -2.35. The third kappa shape index (κ3) is 2.96. The van der Waals surface area contributed by atoms with Crippen LogP contribution in [0.5, 0.6) is 0 Å². The predicted octanol–water partition coefficient (Wildman–Crippen LogP) is 1.30. The fourth-order valence-electron chi connectivity index (χ4n) is 2.41. The smallest absolute Gasteiger partial charge is 0.336 e. The molecule has 0 aliphatic carbocycles. The monoisotopic (exact) mass is 299 g/mol. The molecule has 1 aliphatic rings. The molecule has 2 unspecified atom stereocenters. The summed E-state index contributed by atoms with van der Waals surface area (Å²) in [5.74, 6) is -1.67. The number of amidine groups is 1. The molecule has 7 nitrogen and oxygen atoms in total. The molecule has 0 amide bonds. The minimum absolute atomic E-state index is 0.176. The summed E-state index contributed by atoms with van der Waals surface area (Å²) in [7, 11) is 0. The third-order valence-electron chi connectivity index (χ3n) is 3.29. The van der Waals surface area contributed by atoms with E-state index >= 15 is 0 Å². The first-order valence-corrected chi connectivity index (χ1v) is 6.86. The molecule has 0 radical (unpaired) electrons. The van der Waals surface area contributed by atoms with Crippen LogP contribution in [0.3, 0.4) is 0 Å². The Morgan fingerprint density at radius 2 is 2.05 bits per heavy atom. The van der Waals surface area contributed by atoms with Crippen LogP contribution in [0, 0.1) is 17.2 Å². The van der Waals surface area contributed by atoms with E-state index in [1.807, 2.05) is 0 Å². The molecule has 2 heterocycles. The number of esters is 1. The molecule has 0 fully saturated rings. The van der Waals surface area contributed by atoms with Gasteiger partial charge in [0.1, 0.15) is 18.1 Å². The quantitative estimate of drug-likeness (QED) is 0.841. The van der Waals surface area contributed by atoms with Crippen LogP contribution >= 0.6 is 0 Å². The fraction of sp³-hybridized carbons (Fsp3) is 0.400. The number of rotatable bonds is 3. The molecular weight excluding hydrogens is 282 g/mol. The van der Waals surface area contributed by atoms with Crippen molar-refractivity contribution in [3.63, 3.8) is 0 Å². The Hall–Kier alpha value is -2.75. The average molecular weight is 299 g/mol. The molecule has 0 saturated heterocycles. The second-order valence-corrected chi connectivity index (χ2v) is 5.25. The van der Waals surface area contributed by atoms with Gasteiger partial charge in [-0.15, -0.1) is 0 Å². The Balaban J connectivity index is 2.56. The topological polar surface area (TPSA) is 114 Å². The first-order chi connectivity index (χ1) is 10.5. The van der Waals surface area contributed by atoms with Crippen molar-refractivity contribution in [2.24, 2.45) is 16.6 Å². The van der Waals surface area contributed by atoms with Crippen molar-refractivity contribution in [3.8, 4) is 6.07 Å². The molecule has 0 aromatic carbocycles. The standard InChI is InChI=1S/C15H17N5O2/c1-8(2)22-15(21)12-9(3)20-14(17)11(4-16)13(12)10-5-18-7-19-6-10/h5-8,11,13H,1-3H3,(H2,17,20). The van der Waals surface area contributed by atoms with E-state index in [4.69, 9.17) is 10.5 Å². The van der Waals surface area contributed by atoms with E-state index in [-0.39, 0.29) is 11.9 Å². The molecule has 1 aromatic rings. The first-order valence-electron chi connectivity index (χ1n) is 6.86. The van der Waals surface area contributed by atoms with Crippen molar-refractivity contribution in [3.05, 3.63) is 35.6 Å². The SMILES string of the molecule is CC1=C(C(=O)OC(C)C)C(c2cncnc2)C(C#N)C(N)=N1. The maximum absolute atomic E-state index is 12.4. The highest BCUT2D eigenvalue weighted by atomic mass is 16.5. The summed E-state index contributed by atoms with van der Waals surface area (Å²) >= 11 is 0. The van der Waals surface area contributed by atoms with Crippen molar-refractivity contribution in [2.45, 2.75) is 32.8 Å². The highest BCUT2D eigenvalue weighted by Crippen LogP contribution is 2.37. The molecule has 22 heavy (non-hydrogen) atoms. The zero-order chi connectivity index (χ0) is 16.3. The first kappa shape index (κ1) is 15.6. The minimum atomic E-state index is -0.760. The molecule has 114 valence electrons. The molecule has 2 atom stereocenters. The molecule has 7 heteroatoms. The summed E-state index contributed by atoms with van der Waals surface area (Å²) in [5, 5.41) is 9.43. The predicted molar refractivity (Wildman–Crippen MR) is 79.4 cm³/mol. The number of aliphatic imine (C=N–C) groups is 1. The van der Waals surface area contributed by atoms with Gasteiger partial charge >= 0.3 is 5.97 Å². The Labute approximate surface area is 128 Å². The van der Waals surface area contributed by atoms with Crippen LogP contribution in [-0.4, -0.2) is 27.9 Å². The number of carbonyl (C=O) groups excluding carboxylic acids is 1. The number of aromatic nitrogens is 2. The summed E-state index contributed by atoms with van der Waals surface area (Å²) < 4.78 is 5.28. The van der Waals surface area contributed by atoms with Gasteiger partial charge in [0, 0.05) is 18.3 Å². The number of nitriles is 1. The summed E-state index contributed by atoms with van der Waals surface area (Å²) in [6, 6.07) is 2.11. The molecule has 2 N–H and O–H groups in total. The van der Waals surface area contributed by atoms with E-state index in [0.717, 1.165) is 0 Å². The Bertz CT molecular complexity index is 673. The highest BCUT2D eigenvalue weighted by molar-refractivity contribution is 5.97. The molecular formula is C15H17N5O2. The second-order valence-electron chi connectivity index (χ2n) is 5.25. The van der Waals surface area contributed by atoms with Gasteiger partial charge in [0.2, 0.25) is 0 Å². The van der Waals surface area contributed by atoms with Crippen LogP contribution in [0.4, 0.5) is 0 Å². The fourth-order valence-corrected chi connectivity index (χ4v) is 2.41. The average Bonchev–Trinajstić information content (AvgIpc) is 2.46. The maximum Gasteiger partial charge on any atom is 0.336 e. The van der Waals surface area contributed by atoms with E-state index in [0.29, 0.717) is 16.8 Å². The van der Waals surface area contributed by atoms with Crippen LogP contribution in [0.2, 0.25) is 0 Å². The Kier molecular flexibility index (Phi) is 4.51. The van der Waals surface area contributed by atoms with Crippen LogP contribution in [0.15, 0.2) is 35.0 Å². The number of carbonyl (C=O) groups is 1. The zero-order valence-electron chi connectivity index (χ0n) is 12.6. The molecule has 0 spiro atoms. The maximum atomic E-state index is 12.4. The van der Waals surface area contributed by atoms with Crippen molar-refractivity contribution >= 4 is 11.8 Å². The van der Waals surface area contributed by atoms with Crippen LogP contribution < -0.4 is 5.73 Å². The van der Waals surface area contributed by atoms with Gasteiger partial charge in [-0.3, -0.25) is 0 Å². The molecule has 0 bridgehead atoms. The second kappa shape index (κ2) is 6.35. The number of hydrogen-bond acceptors (Lipinski definition) is 7. The number of nitrogens with zero attached hydrogens (tertiary/aromatic N) is 4. The molecule has 0 saturated carbocycles. The van der Waals surface area contributed by atoms with Gasteiger partial charge in [-0.1, -0.05) is 0 Å². The van der Waals surface area contributed by atoms with E-state index in [9.17, 15) is 10.1 Å².